The van der Waals surface area contributed by atoms with Crippen LogP contribution in [0, 0.1) is 23.7 Å². The van der Waals surface area contributed by atoms with Crippen LogP contribution in [0.15, 0.2) is 11.1 Å². The minimum absolute atomic E-state index is 0.659. The number of ether oxygens (including phenoxy) is 1. The van der Waals surface area contributed by atoms with Gasteiger partial charge in [0.25, 0.3) is 0 Å². The van der Waals surface area contributed by atoms with Crippen molar-refractivity contribution in [1.82, 2.24) is 0 Å². The monoisotopic (exact) mass is 204 g/mol. The number of allylic oxidation sites excluding steroid dienone is 2. The number of hydrogen-bond acceptors (Lipinski definition) is 1. The normalized spacial score (nSPS) is 51.0. The molecule has 5 unspecified atom stereocenters. The van der Waals surface area contributed by atoms with Crippen molar-refractivity contribution in [3.8, 4) is 0 Å². The fourth-order valence-corrected chi connectivity index (χ4v) is 4.57. The van der Waals surface area contributed by atoms with E-state index in [1.54, 1.807) is 0 Å². The molecule has 1 nitrogen and oxygen atoms in total. The zero-order chi connectivity index (χ0) is 10.2. The van der Waals surface area contributed by atoms with E-state index in [-0.39, 0.29) is 0 Å². The van der Waals surface area contributed by atoms with Crippen molar-refractivity contribution in [3.05, 3.63) is 11.1 Å². The van der Waals surface area contributed by atoms with Gasteiger partial charge in [0.05, 0.1) is 12.2 Å². The SMILES string of the molecule is CC(C)C1=C2CC(C1)C1CC3OC3CC21. The van der Waals surface area contributed by atoms with Crippen molar-refractivity contribution >= 4 is 0 Å². The largest absolute Gasteiger partial charge is 0.370 e. The van der Waals surface area contributed by atoms with Gasteiger partial charge < -0.3 is 4.74 Å². The van der Waals surface area contributed by atoms with Crippen molar-refractivity contribution in [3.63, 3.8) is 0 Å². The summed E-state index contributed by atoms with van der Waals surface area (Å²) in [6.45, 7) is 4.74. The highest BCUT2D eigenvalue weighted by Gasteiger charge is 2.56. The van der Waals surface area contributed by atoms with Crippen LogP contribution in [0.4, 0.5) is 0 Å². The van der Waals surface area contributed by atoms with E-state index in [1.165, 1.54) is 25.7 Å². The summed E-state index contributed by atoms with van der Waals surface area (Å²) in [4.78, 5) is 0. The van der Waals surface area contributed by atoms with E-state index in [9.17, 15) is 0 Å². The molecule has 2 saturated carbocycles. The maximum Gasteiger partial charge on any atom is 0.0847 e. The average molecular weight is 204 g/mol. The molecule has 15 heavy (non-hydrogen) atoms. The van der Waals surface area contributed by atoms with Crippen LogP contribution in [-0.4, -0.2) is 12.2 Å². The van der Waals surface area contributed by atoms with Gasteiger partial charge in [0.2, 0.25) is 0 Å². The van der Waals surface area contributed by atoms with E-state index in [0.29, 0.717) is 12.2 Å². The van der Waals surface area contributed by atoms with Crippen molar-refractivity contribution in [2.45, 2.75) is 51.7 Å². The third-order valence-electron chi connectivity index (χ3n) is 5.32. The second-order valence-corrected chi connectivity index (χ2v) is 6.33. The van der Waals surface area contributed by atoms with Gasteiger partial charge in [-0.25, -0.2) is 0 Å². The van der Waals surface area contributed by atoms with Crippen LogP contribution in [0.25, 0.3) is 0 Å². The first-order valence-electron chi connectivity index (χ1n) is 6.61. The van der Waals surface area contributed by atoms with Gasteiger partial charge in [0, 0.05) is 0 Å². The summed E-state index contributed by atoms with van der Waals surface area (Å²) in [6.07, 6.45) is 6.94. The summed E-state index contributed by atoms with van der Waals surface area (Å²) >= 11 is 0. The van der Waals surface area contributed by atoms with Gasteiger partial charge in [-0.2, -0.15) is 0 Å². The van der Waals surface area contributed by atoms with Gasteiger partial charge in [-0.3, -0.25) is 0 Å². The van der Waals surface area contributed by atoms with Crippen LogP contribution in [0.5, 0.6) is 0 Å². The first-order valence-corrected chi connectivity index (χ1v) is 6.61. The number of fused-ring (bicyclic) bond motifs is 6. The first kappa shape index (κ1) is 8.81. The van der Waals surface area contributed by atoms with E-state index in [1.807, 2.05) is 11.1 Å². The Labute approximate surface area is 91.9 Å². The highest BCUT2D eigenvalue weighted by atomic mass is 16.6. The summed E-state index contributed by atoms with van der Waals surface area (Å²) in [5.74, 6) is 3.74. The van der Waals surface area contributed by atoms with Gasteiger partial charge in [-0.1, -0.05) is 25.0 Å². The predicted molar refractivity (Wildman–Crippen MR) is 59.5 cm³/mol. The first-order chi connectivity index (χ1) is 7.24. The molecule has 0 aromatic rings. The molecule has 3 aliphatic carbocycles. The van der Waals surface area contributed by atoms with E-state index < -0.39 is 0 Å². The molecule has 1 saturated heterocycles. The molecule has 1 aliphatic heterocycles. The maximum atomic E-state index is 5.71. The lowest BCUT2D eigenvalue weighted by Gasteiger charge is -2.33. The van der Waals surface area contributed by atoms with Crippen molar-refractivity contribution in [1.29, 1.82) is 0 Å². The van der Waals surface area contributed by atoms with Gasteiger partial charge in [-0.15, -0.1) is 0 Å². The molecule has 0 aromatic carbocycles. The fraction of sp³-hybridized carbons (Fsp3) is 0.857. The Morgan fingerprint density at radius 2 is 1.93 bits per heavy atom. The van der Waals surface area contributed by atoms with Crippen molar-refractivity contribution in [2.24, 2.45) is 23.7 Å². The van der Waals surface area contributed by atoms with Crippen LogP contribution in [0.3, 0.4) is 0 Å². The summed E-state index contributed by atoms with van der Waals surface area (Å²) < 4.78 is 5.71. The Kier molecular flexibility index (Phi) is 1.58. The summed E-state index contributed by atoms with van der Waals surface area (Å²) in [5, 5.41) is 0. The van der Waals surface area contributed by atoms with Crippen LogP contribution >= 0.6 is 0 Å². The van der Waals surface area contributed by atoms with E-state index >= 15 is 0 Å². The Hall–Kier alpha value is -0.300. The van der Waals surface area contributed by atoms with Gasteiger partial charge in [-0.05, 0) is 49.4 Å². The Bertz CT molecular complexity index is 341. The molecule has 5 atom stereocenters. The molecule has 0 amide bonds. The number of rotatable bonds is 1. The Morgan fingerprint density at radius 3 is 2.73 bits per heavy atom. The van der Waals surface area contributed by atoms with Crippen molar-refractivity contribution < 1.29 is 4.74 Å². The molecule has 82 valence electrons. The Balaban J connectivity index is 1.69. The third kappa shape index (κ3) is 1.08. The lowest BCUT2D eigenvalue weighted by Crippen LogP contribution is -2.28. The fourth-order valence-electron chi connectivity index (χ4n) is 4.57. The molecule has 0 radical (unpaired) electrons. The highest BCUT2D eigenvalue weighted by molar-refractivity contribution is 5.33. The maximum absolute atomic E-state index is 5.71. The highest BCUT2D eigenvalue weighted by Crippen LogP contribution is 2.61. The molecular formula is C14H20O. The number of epoxide rings is 1. The molecular weight excluding hydrogens is 184 g/mol. The molecule has 4 rings (SSSR count). The third-order valence-corrected chi connectivity index (χ3v) is 5.32. The Morgan fingerprint density at radius 1 is 1.13 bits per heavy atom. The lowest BCUT2D eigenvalue weighted by molar-refractivity contribution is 0.246. The second-order valence-electron chi connectivity index (χ2n) is 6.33. The van der Waals surface area contributed by atoms with E-state index in [0.717, 1.165) is 23.7 Å². The summed E-state index contributed by atoms with van der Waals surface area (Å²) in [5.41, 5.74) is 3.69. The van der Waals surface area contributed by atoms with Crippen LogP contribution in [-0.2, 0) is 4.74 Å². The van der Waals surface area contributed by atoms with Crippen LogP contribution in [0.2, 0.25) is 0 Å². The zero-order valence-electron chi connectivity index (χ0n) is 9.70. The molecule has 0 N–H and O–H groups in total. The zero-order valence-corrected chi connectivity index (χ0v) is 9.70. The quantitative estimate of drug-likeness (QED) is 0.472. The van der Waals surface area contributed by atoms with Crippen LogP contribution < -0.4 is 0 Å². The lowest BCUT2D eigenvalue weighted by atomic mass is 9.71. The molecule has 0 spiro atoms. The molecule has 3 fully saturated rings. The number of hydrogen-bond donors (Lipinski definition) is 0. The van der Waals surface area contributed by atoms with Crippen molar-refractivity contribution in [2.75, 3.05) is 0 Å². The summed E-state index contributed by atoms with van der Waals surface area (Å²) in [6, 6.07) is 0. The van der Waals surface area contributed by atoms with Crippen LogP contribution in [0.1, 0.15) is 39.5 Å². The van der Waals surface area contributed by atoms with Gasteiger partial charge >= 0.3 is 0 Å². The molecule has 2 bridgehead atoms. The topological polar surface area (TPSA) is 12.5 Å². The molecule has 1 heterocycles. The molecule has 4 aliphatic rings. The van der Waals surface area contributed by atoms with Gasteiger partial charge in [0.15, 0.2) is 0 Å². The predicted octanol–water partition coefficient (Wildman–Crippen LogP) is 3.16. The molecule has 1 heteroatoms. The minimum Gasteiger partial charge on any atom is -0.370 e. The second kappa shape index (κ2) is 2.68. The molecule has 0 aromatic heterocycles. The van der Waals surface area contributed by atoms with E-state index in [2.05, 4.69) is 13.8 Å². The average Bonchev–Trinajstić information content (AvgIpc) is 2.69. The minimum atomic E-state index is 0.659. The standard InChI is InChI=1S/C14H20O/c1-7(2)9-3-8-4-11(9)12-6-14-13(15-14)5-10(8)12/h7-8,10,12-14H,3-6H2,1-2H3. The smallest absolute Gasteiger partial charge is 0.0847 e. The van der Waals surface area contributed by atoms with E-state index in [4.69, 9.17) is 4.74 Å². The van der Waals surface area contributed by atoms with Gasteiger partial charge in [0.1, 0.15) is 0 Å². The summed E-state index contributed by atoms with van der Waals surface area (Å²) in [7, 11) is 0.